The third-order valence-corrected chi connectivity index (χ3v) is 10.1. The van der Waals surface area contributed by atoms with Crippen molar-refractivity contribution in [2.45, 2.75) is 59.3 Å². The fourth-order valence-electron chi connectivity index (χ4n) is 6.71. The molecule has 0 aliphatic carbocycles. The molecule has 0 aliphatic rings. The molecule has 0 bridgehead atoms. The molecule has 3 heterocycles. The second-order valence-electron chi connectivity index (χ2n) is 13.5. The average molecular weight is 877 g/mol. The third kappa shape index (κ3) is 8.18. The average Bonchev–Trinajstić information content (AvgIpc) is 3.76. The number of nitrogens with zero attached hydrogens (tertiary/aromatic N) is 3. The van der Waals surface area contributed by atoms with Crippen LogP contribution in [-0.4, -0.2) is 14.5 Å². The molecule has 0 amide bonds. The van der Waals surface area contributed by atoms with Gasteiger partial charge in [-0.25, -0.2) is 0 Å². The van der Waals surface area contributed by atoms with Crippen LogP contribution in [0.5, 0.6) is 0 Å². The Kier molecular flexibility index (Phi) is 10.7. The van der Waals surface area contributed by atoms with E-state index in [0.717, 1.165) is 41.1 Å². The Labute approximate surface area is 330 Å². The second kappa shape index (κ2) is 16.8. The molecule has 1 radical (unpaired) electrons. The van der Waals surface area contributed by atoms with Crippen LogP contribution in [0.2, 0.25) is 0 Å². The van der Waals surface area contributed by atoms with E-state index < -0.39 is 6.85 Å². The Morgan fingerprint density at radius 3 is 2.21 bits per heavy atom. The summed E-state index contributed by atoms with van der Waals surface area (Å²) in [5.74, 6) is 1.91. The molecule has 0 unspecified atom stereocenters. The quantitative estimate of drug-likeness (QED) is 0.142. The number of imidazole rings is 1. The summed E-state index contributed by atoms with van der Waals surface area (Å²) in [6.07, 6.45) is 2.31. The van der Waals surface area contributed by atoms with Gasteiger partial charge in [-0.05, 0) is 70.8 Å². The van der Waals surface area contributed by atoms with Crippen LogP contribution >= 0.6 is 11.3 Å². The van der Waals surface area contributed by atoms with Crippen LogP contribution in [0.4, 0.5) is 0 Å². The predicted octanol–water partition coefficient (Wildman–Crippen LogP) is 12.5. The van der Waals surface area contributed by atoms with Crippen molar-refractivity contribution in [1.29, 1.82) is 0 Å². The van der Waals surface area contributed by atoms with E-state index in [1.165, 1.54) is 49.6 Å². The van der Waals surface area contributed by atoms with Crippen LogP contribution in [0.15, 0.2) is 134 Å². The summed E-state index contributed by atoms with van der Waals surface area (Å²) in [6.45, 7) is 7.89. The van der Waals surface area contributed by atoms with Crippen molar-refractivity contribution in [3.05, 3.63) is 178 Å². The predicted molar refractivity (Wildman–Crippen MR) is 216 cm³/mol. The van der Waals surface area contributed by atoms with Crippen LogP contribution in [0, 0.1) is 18.3 Å². The maximum absolute atomic E-state index is 7.23. The number of benzene rings is 5. The maximum Gasteiger partial charge on any atom is 0.0770 e. The van der Waals surface area contributed by atoms with E-state index in [0.29, 0.717) is 11.8 Å². The number of aryl methyl sites for hydroxylation is 1. The van der Waals surface area contributed by atoms with E-state index in [4.69, 9.17) is 9.10 Å². The number of hydrogen-bond acceptors (Lipinski definition) is 3. The largest absolute Gasteiger partial charge is 0.360 e. The van der Waals surface area contributed by atoms with Crippen LogP contribution in [0.3, 0.4) is 0 Å². The van der Waals surface area contributed by atoms with Crippen molar-refractivity contribution in [2.75, 3.05) is 0 Å². The van der Waals surface area contributed by atoms with E-state index in [9.17, 15) is 0 Å². The summed E-state index contributed by atoms with van der Waals surface area (Å²) < 4.78 is 25.4. The smallest absolute Gasteiger partial charge is 0.0770 e. The molecule has 0 saturated heterocycles. The van der Waals surface area contributed by atoms with Crippen molar-refractivity contribution in [3.8, 4) is 22.6 Å². The zero-order chi connectivity index (χ0) is 37.8. The van der Waals surface area contributed by atoms with Crippen molar-refractivity contribution >= 4 is 32.5 Å². The van der Waals surface area contributed by atoms with Crippen molar-refractivity contribution in [1.82, 2.24) is 14.5 Å². The van der Waals surface area contributed by atoms with Crippen LogP contribution in [0.1, 0.15) is 77.0 Å². The summed E-state index contributed by atoms with van der Waals surface area (Å²) in [5.41, 5.74) is 12.1. The van der Waals surface area contributed by atoms with E-state index in [1.807, 2.05) is 18.2 Å². The molecule has 3 aromatic heterocycles. The molecule has 0 spiro atoms. The van der Waals surface area contributed by atoms with Gasteiger partial charge in [-0.3, -0.25) is 16.3 Å². The fourth-order valence-corrected chi connectivity index (χ4v) is 7.53. The Morgan fingerprint density at radius 2 is 1.52 bits per heavy atom. The Bertz CT molecular complexity index is 2460. The minimum absolute atomic E-state index is 0. The Morgan fingerprint density at radius 1 is 0.769 bits per heavy atom. The van der Waals surface area contributed by atoms with Gasteiger partial charge in [0.2, 0.25) is 0 Å². The second-order valence-corrected chi connectivity index (χ2v) is 14.4. The number of fused-ring (bicyclic) bond motifs is 2. The number of rotatable bonds is 8. The molecule has 0 saturated carbocycles. The maximum atomic E-state index is 7.23. The van der Waals surface area contributed by atoms with Crippen molar-refractivity contribution < 1.29 is 24.2 Å². The summed E-state index contributed by atoms with van der Waals surface area (Å²) in [5, 5.41) is 4.88. The molecular formula is C47H43IrN3S-2. The molecule has 0 atom stereocenters. The van der Waals surface area contributed by atoms with Gasteiger partial charge in [0, 0.05) is 37.0 Å². The number of hydrogen-bond donors (Lipinski definition) is 0. The van der Waals surface area contributed by atoms with Gasteiger partial charge < -0.3 is 9.55 Å². The van der Waals surface area contributed by atoms with Gasteiger partial charge in [-0.15, -0.1) is 47.3 Å². The molecule has 3 nitrogen and oxygen atoms in total. The fraction of sp³-hybridized carbons (Fsp3) is 0.191. The minimum Gasteiger partial charge on any atom is -0.360 e. The van der Waals surface area contributed by atoms with Crippen molar-refractivity contribution in [2.24, 2.45) is 0 Å². The first-order chi connectivity index (χ1) is 26.1. The number of pyridine rings is 1. The van der Waals surface area contributed by atoms with Crippen LogP contribution in [0.25, 0.3) is 43.8 Å². The van der Waals surface area contributed by atoms with E-state index >= 15 is 0 Å². The van der Waals surface area contributed by atoms with E-state index in [-0.39, 0.29) is 25.7 Å². The van der Waals surface area contributed by atoms with E-state index in [1.54, 1.807) is 29.5 Å². The molecule has 52 heavy (non-hydrogen) atoms. The Hall–Kier alpha value is -4.67. The molecular weight excluding hydrogens is 831 g/mol. The molecule has 263 valence electrons. The Balaban J connectivity index is 0.000000254. The summed E-state index contributed by atoms with van der Waals surface area (Å²) in [7, 11) is 0. The van der Waals surface area contributed by atoms with Gasteiger partial charge >= 0.3 is 0 Å². The van der Waals surface area contributed by atoms with Gasteiger partial charge in [0.1, 0.15) is 0 Å². The first-order valence-corrected chi connectivity index (χ1v) is 18.4. The standard InChI is InChI=1S/C35H33N2S.C12H10N.Ir/c1-23(2)27-13-10-14-28(24(3)4)30(27)21-37-33-16-9-8-15-32(33)36-35(37)31-22-38-34-18-17-26(20-29(31)34)19-25-11-6-5-7-12-25;1-10-7-8-12(13-9-10)11-5-3-2-4-6-11;/h5-18,20,23-24H,19,21H2,1-4H3;2-5,7-9H,1H3;/q2*-1;/i;1D3;. The van der Waals surface area contributed by atoms with Gasteiger partial charge in [-0.1, -0.05) is 134 Å². The summed E-state index contributed by atoms with van der Waals surface area (Å²) >= 11 is 1.69. The van der Waals surface area contributed by atoms with Gasteiger partial charge in [0.05, 0.1) is 16.9 Å². The molecule has 0 fully saturated rings. The topological polar surface area (TPSA) is 30.7 Å². The number of para-hydroxylation sites is 2. The number of aromatic nitrogens is 3. The molecule has 0 aliphatic heterocycles. The molecule has 5 heteroatoms. The molecule has 0 N–H and O–H groups in total. The zero-order valence-corrected chi connectivity index (χ0v) is 33.1. The summed E-state index contributed by atoms with van der Waals surface area (Å²) in [6, 6.07) is 46.7. The normalized spacial score (nSPS) is 12.2. The SMILES string of the molecule is CC(C)c1cccc(C(C)C)c1Cn1c(-c2[c-]sc3ccc(Cc4ccccc4)cc23)nc2ccccc21.[2H]C([2H])([2H])c1ccc(-c2[c-]cccc2)nc1.[Ir]. The van der Waals surface area contributed by atoms with Gasteiger partial charge in [-0.2, -0.15) is 0 Å². The summed E-state index contributed by atoms with van der Waals surface area (Å²) in [4.78, 5) is 9.33. The van der Waals surface area contributed by atoms with E-state index in [2.05, 4.69) is 140 Å². The van der Waals surface area contributed by atoms with Crippen LogP contribution in [-0.2, 0) is 33.1 Å². The van der Waals surface area contributed by atoms with Gasteiger partial charge in [0.25, 0.3) is 0 Å². The monoisotopic (exact) mass is 877 g/mol. The first kappa shape index (κ1) is 33.2. The molecule has 5 aromatic carbocycles. The molecule has 8 rings (SSSR count). The third-order valence-electron chi connectivity index (χ3n) is 9.26. The molecule has 8 aromatic rings. The minimum atomic E-state index is -2.09. The van der Waals surface area contributed by atoms with Crippen molar-refractivity contribution in [3.63, 3.8) is 0 Å². The van der Waals surface area contributed by atoms with Gasteiger partial charge in [0.15, 0.2) is 0 Å². The first-order valence-electron chi connectivity index (χ1n) is 19.0. The zero-order valence-electron chi connectivity index (χ0n) is 32.9. The number of thiophene rings is 1. The van der Waals surface area contributed by atoms with Crippen LogP contribution < -0.4 is 0 Å².